The number of pyridine rings is 2. The van der Waals surface area contributed by atoms with Crippen molar-refractivity contribution in [1.29, 1.82) is 0 Å². The van der Waals surface area contributed by atoms with Crippen molar-refractivity contribution in [3.05, 3.63) is 75.8 Å². The minimum absolute atomic E-state index is 0.128. The van der Waals surface area contributed by atoms with Gasteiger partial charge in [-0.25, -0.2) is 0 Å². The van der Waals surface area contributed by atoms with E-state index in [0.717, 1.165) is 11.6 Å². The lowest BCUT2D eigenvalue weighted by Crippen LogP contribution is -2.31. The summed E-state index contributed by atoms with van der Waals surface area (Å²) in [6.45, 7) is 2.11. The van der Waals surface area contributed by atoms with Crippen LogP contribution >= 0.6 is 0 Å². The molecule has 0 radical (unpaired) electrons. The molecule has 3 aromatic rings. The number of fused-ring (bicyclic) bond motifs is 1. The summed E-state index contributed by atoms with van der Waals surface area (Å²) in [7, 11) is 0. The van der Waals surface area contributed by atoms with Crippen LogP contribution in [-0.2, 0) is 19.1 Å². The summed E-state index contributed by atoms with van der Waals surface area (Å²) in [4.78, 5) is 29.2. The molecule has 28 heavy (non-hydrogen) atoms. The Hall–Kier alpha value is -3.16. The predicted molar refractivity (Wildman–Crippen MR) is 99.2 cm³/mol. The van der Waals surface area contributed by atoms with Gasteiger partial charge >= 0.3 is 6.18 Å². The average Bonchev–Trinajstić information content (AvgIpc) is 2.68. The molecule has 0 bridgehead atoms. The Balaban J connectivity index is 1.95. The van der Waals surface area contributed by atoms with Crippen LogP contribution in [-0.4, -0.2) is 22.0 Å². The molecule has 1 aromatic carbocycles. The molecular formula is C20H18F3N3O2. The highest BCUT2D eigenvalue weighted by Gasteiger charge is 2.34. The first-order valence-corrected chi connectivity index (χ1v) is 8.73. The maximum absolute atomic E-state index is 13.4. The van der Waals surface area contributed by atoms with Gasteiger partial charge in [0.25, 0.3) is 5.91 Å². The fraction of sp³-hybridized carbons (Fsp3) is 0.250. The number of nitrogens with zero attached hydrogens (tertiary/aromatic N) is 2. The van der Waals surface area contributed by atoms with Crippen molar-refractivity contribution < 1.29 is 18.0 Å². The molecule has 0 aliphatic heterocycles. The van der Waals surface area contributed by atoms with Gasteiger partial charge in [-0.3, -0.25) is 14.6 Å². The molecule has 3 rings (SSSR count). The number of aromatic nitrogens is 2. The van der Waals surface area contributed by atoms with Gasteiger partial charge < -0.3 is 9.88 Å². The van der Waals surface area contributed by atoms with Crippen molar-refractivity contribution in [2.75, 3.05) is 6.54 Å². The van der Waals surface area contributed by atoms with E-state index in [1.165, 1.54) is 22.9 Å². The van der Waals surface area contributed by atoms with Crippen LogP contribution in [0.3, 0.4) is 0 Å². The van der Waals surface area contributed by atoms with Crippen LogP contribution in [0.5, 0.6) is 0 Å². The van der Waals surface area contributed by atoms with Gasteiger partial charge in [-0.1, -0.05) is 12.1 Å². The average molecular weight is 389 g/mol. The van der Waals surface area contributed by atoms with Crippen molar-refractivity contribution in [3.63, 3.8) is 0 Å². The minimum atomic E-state index is -4.60. The largest absolute Gasteiger partial charge is 0.418 e. The van der Waals surface area contributed by atoms with Crippen LogP contribution in [0.1, 0.15) is 28.4 Å². The highest BCUT2D eigenvalue weighted by Crippen LogP contribution is 2.34. The maximum Gasteiger partial charge on any atom is 0.418 e. The Morgan fingerprint density at radius 2 is 2.00 bits per heavy atom. The van der Waals surface area contributed by atoms with Gasteiger partial charge in [0.2, 0.25) is 5.43 Å². The lowest BCUT2D eigenvalue weighted by atomic mass is 10.1. The smallest absolute Gasteiger partial charge is 0.352 e. The van der Waals surface area contributed by atoms with Crippen molar-refractivity contribution >= 4 is 16.8 Å². The van der Waals surface area contributed by atoms with Crippen molar-refractivity contribution in [1.82, 2.24) is 14.9 Å². The Morgan fingerprint density at radius 1 is 1.21 bits per heavy atom. The van der Waals surface area contributed by atoms with Crippen LogP contribution < -0.4 is 10.7 Å². The van der Waals surface area contributed by atoms with Crippen LogP contribution in [0.15, 0.2) is 53.7 Å². The first kappa shape index (κ1) is 19.6. The van der Waals surface area contributed by atoms with E-state index in [4.69, 9.17) is 0 Å². The van der Waals surface area contributed by atoms with Gasteiger partial charge in [0.15, 0.2) is 0 Å². The Labute approximate surface area is 158 Å². The first-order chi connectivity index (χ1) is 13.3. The van der Waals surface area contributed by atoms with Crippen LogP contribution in [0.4, 0.5) is 13.2 Å². The summed E-state index contributed by atoms with van der Waals surface area (Å²) in [6, 6.07) is 7.06. The fourth-order valence-electron chi connectivity index (χ4n) is 3.06. The Kier molecular flexibility index (Phi) is 5.48. The van der Waals surface area contributed by atoms with E-state index in [-0.39, 0.29) is 29.6 Å². The second-order valence-corrected chi connectivity index (χ2v) is 6.22. The van der Waals surface area contributed by atoms with Crippen LogP contribution in [0, 0.1) is 0 Å². The lowest BCUT2D eigenvalue weighted by molar-refractivity contribution is -0.136. The van der Waals surface area contributed by atoms with Gasteiger partial charge in [0, 0.05) is 37.1 Å². The SMILES string of the molecule is CCn1cc(C(=O)NCCc2cccnc2)c(=O)c2cccc(C(F)(F)F)c21. The Morgan fingerprint density at radius 3 is 2.64 bits per heavy atom. The summed E-state index contributed by atoms with van der Waals surface area (Å²) in [5.41, 5.74) is -1.09. The molecule has 0 fully saturated rings. The molecule has 0 saturated carbocycles. The van der Waals surface area contributed by atoms with E-state index in [2.05, 4.69) is 10.3 Å². The van der Waals surface area contributed by atoms with Crippen LogP contribution in [0.2, 0.25) is 0 Å². The molecular weight excluding hydrogens is 371 g/mol. The normalized spacial score (nSPS) is 11.6. The van der Waals surface area contributed by atoms with Crippen molar-refractivity contribution in [2.45, 2.75) is 26.1 Å². The molecule has 2 aromatic heterocycles. The zero-order chi connectivity index (χ0) is 20.3. The number of amides is 1. The van der Waals surface area contributed by atoms with E-state index in [1.54, 1.807) is 25.4 Å². The van der Waals surface area contributed by atoms with Crippen molar-refractivity contribution in [2.24, 2.45) is 0 Å². The molecule has 1 N–H and O–H groups in total. The fourth-order valence-corrected chi connectivity index (χ4v) is 3.06. The first-order valence-electron chi connectivity index (χ1n) is 8.73. The number of carbonyl (C=O) groups is 1. The second kappa shape index (κ2) is 7.84. The molecule has 1 amide bonds. The maximum atomic E-state index is 13.4. The predicted octanol–water partition coefficient (Wildman–Crippen LogP) is 3.41. The number of aryl methyl sites for hydroxylation is 1. The Bertz CT molecular complexity index is 1060. The third-order valence-electron chi connectivity index (χ3n) is 4.41. The number of para-hydroxylation sites is 1. The number of nitrogens with one attached hydrogen (secondary N) is 1. The number of halogens is 3. The third kappa shape index (κ3) is 3.90. The van der Waals surface area contributed by atoms with Crippen molar-refractivity contribution in [3.8, 4) is 0 Å². The molecule has 8 heteroatoms. The monoisotopic (exact) mass is 389 g/mol. The number of hydrogen-bond donors (Lipinski definition) is 1. The van der Waals surface area contributed by atoms with E-state index in [0.29, 0.717) is 6.42 Å². The lowest BCUT2D eigenvalue weighted by Gasteiger charge is -2.16. The highest BCUT2D eigenvalue weighted by molar-refractivity contribution is 5.97. The number of alkyl halides is 3. The third-order valence-corrected chi connectivity index (χ3v) is 4.41. The van der Waals surface area contributed by atoms with Gasteiger partial charge in [-0.2, -0.15) is 13.2 Å². The zero-order valence-electron chi connectivity index (χ0n) is 15.1. The second-order valence-electron chi connectivity index (χ2n) is 6.22. The summed E-state index contributed by atoms with van der Waals surface area (Å²) < 4.78 is 41.3. The number of hydrogen-bond acceptors (Lipinski definition) is 3. The molecule has 2 heterocycles. The summed E-state index contributed by atoms with van der Waals surface area (Å²) >= 11 is 0. The quantitative estimate of drug-likeness (QED) is 0.727. The number of benzene rings is 1. The molecule has 0 aliphatic carbocycles. The highest BCUT2D eigenvalue weighted by atomic mass is 19.4. The molecule has 0 aliphatic rings. The minimum Gasteiger partial charge on any atom is -0.352 e. The van der Waals surface area contributed by atoms with Gasteiger partial charge in [0.05, 0.1) is 11.1 Å². The molecule has 5 nitrogen and oxygen atoms in total. The molecule has 0 atom stereocenters. The topological polar surface area (TPSA) is 64.0 Å². The zero-order valence-corrected chi connectivity index (χ0v) is 15.1. The summed E-state index contributed by atoms with van der Waals surface area (Å²) in [5.74, 6) is -0.615. The van der Waals surface area contributed by atoms with Gasteiger partial charge in [-0.05, 0) is 37.1 Å². The number of rotatable bonds is 5. The van der Waals surface area contributed by atoms with Gasteiger partial charge in [-0.15, -0.1) is 0 Å². The summed E-state index contributed by atoms with van der Waals surface area (Å²) in [5, 5.41) is 2.52. The van der Waals surface area contributed by atoms with E-state index >= 15 is 0 Å². The standard InChI is InChI=1S/C20H18F3N3O2/c1-2-26-12-15(19(28)25-10-8-13-5-4-9-24-11-13)18(27)14-6-3-7-16(17(14)26)20(21,22)23/h3-7,9,11-12H,2,8,10H2,1H3,(H,25,28). The van der Waals surface area contributed by atoms with E-state index in [9.17, 15) is 22.8 Å². The van der Waals surface area contributed by atoms with E-state index in [1.807, 2.05) is 6.07 Å². The molecule has 0 spiro atoms. The molecule has 0 unspecified atom stereocenters. The number of carbonyl (C=O) groups excluding carboxylic acids is 1. The molecule has 146 valence electrons. The summed E-state index contributed by atoms with van der Waals surface area (Å²) in [6.07, 6.45) is 0.424. The van der Waals surface area contributed by atoms with Crippen LogP contribution in [0.25, 0.3) is 10.9 Å². The van der Waals surface area contributed by atoms with Gasteiger partial charge in [0.1, 0.15) is 5.56 Å². The van der Waals surface area contributed by atoms with E-state index < -0.39 is 23.1 Å². The molecule has 0 saturated heterocycles.